The summed E-state index contributed by atoms with van der Waals surface area (Å²) in [5.74, 6) is 0. The Bertz CT molecular complexity index is 916. The van der Waals surface area contributed by atoms with E-state index in [1.165, 1.54) is 49.3 Å². The molecule has 6 heteroatoms. The average Bonchev–Trinajstić information content (AvgIpc) is 2.76. The van der Waals surface area contributed by atoms with Crippen LogP contribution in [-0.4, -0.2) is 25.2 Å². The molecule has 2 aromatic rings. The van der Waals surface area contributed by atoms with Gasteiger partial charge in [-0.05, 0) is 86.6 Å². The predicted octanol–water partition coefficient (Wildman–Crippen LogP) is 8.88. The molecule has 186 valence electrons. The topological polar surface area (TPSA) is 42.2 Å². The minimum Gasteiger partial charge on any atom is -0.437 e. The van der Waals surface area contributed by atoms with Crippen LogP contribution in [0.2, 0.25) is 51.4 Å². The van der Waals surface area contributed by atoms with E-state index in [1.807, 2.05) is 24.3 Å². The summed E-state index contributed by atoms with van der Waals surface area (Å²) in [6.45, 7) is 16.2. The summed E-state index contributed by atoms with van der Waals surface area (Å²) in [7, 11) is -5.67. The fraction of sp³-hybridized carbons (Fsp3) is 0.536. The van der Waals surface area contributed by atoms with Gasteiger partial charge in [0.05, 0.1) is 11.6 Å². The number of nitrogens with zero attached hydrogens (tertiary/aromatic N) is 1. The van der Waals surface area contributed by atoms with Crippen molar-refractivity contribution >= 4 is 25.2 Å². The maximum Gasteiger partial charge on any atom is 0.311 e. The van der Waals surface area contributed by atoms with Crippen molar-refractivity contribution in [2.24, 2.45) is 0 Å². The number of unbranched alkanes of at least 4 members (excludes halogenated alkanes) is 4. The zero-order valence-electron chi connectivity index (χ0n) is 22.5. The van der Waals surface area contributed by atoms with E-state index in [-0.39, 0.29) is 0 Å². The van der Waals surface area contributed by atoms with Gasteiger partial charge in [0.25, 0.3) is 0 Å². The van der Waals surface area contributed by atoms with Crippen molar-refractivity contribution in [2.75, 3.05) is 0 Å². The second kappa shape index (κ2) is 13.0. The van der Waals surface area contributed by atoms with Crippen LogP contribution in [0.25, 0.3) is 11.1 Å². The van der Waals surface area contributed by atoms with E-state index in [1.54, 1.807) is 0 Å². The predicted molar refractivity (Wildman–Crippen MR) is 153 cm³/mol. The van der Waals surface area contributed by atoms with E-state index >= 15 is 0 Å². The molecule has 0 atom stereocenters. The zero-order chi connectivity index (χ0) is 25.2. The molecular formula is C28H45NO2Si3. The Morgan fingerprint density at radius 1 is 0.676 bits per heavy atom. The van der Waals surface area contributed by atoms with Crippen LogP contribution in [0.1, 0.15) is 50.2 Å². The Labute approximate surface area is 212 Å². The molecule has 0 spiro atoms. The first-order valence-electron chi connectivity index (χ1n) is 13.0. The fourth-order valence-electron chi connectivity index (χ4n) is 4.65. The molecule has 0 saturated carbocycles. The number of hydrogen-bond acceptors (Lipinski definition) is 3. The molecule has 0 bridgehead atoms. The van der Waals surface area contributed by atoms with Crippen LogP contribution in [0, 0.1) is 11.3 Å². The highest BCUT2D eigenvalue weighted by Gasteiger charge is 2.39. The molecule has 0 fully saturated rings. The van der Waals surface area contributed by atoms with Gasteiger partial charge in [0.2, 0.25) is 0 Å². The molecule has 0 aliphatic carbocycles. The molecule has 0 saturated heterocycles. The van der Waals surface area contributed by atoms with Gasteiger partial charge < -0.3 is 8.23 Å². The fourth-order valence-corrected chi connectivity index (χ4v) is 18.7. The van der Waals surface area contributed by atoms with Gasteiger partial charge in [-0.15, -0.1) is 0 Å². The lowest BCUT2D eigenvalue weighted by Gasteiger charge is -2.39. The van der Waals surface area contributed by atoms with Gasteiger partial charge in [0, 0.05) is 0 Å². The lowest BCUT2D eigenvalue weighted by atomic mass is 10.0. The molecule has 2 aromatic carbocycles. The molecule has 0 unspecified atom stereocenters. The minimum atomic E-state index is -2.15. The summed E-state index contributed by atoms with van der Waals surface area (Å²) >= 11 is 0. The van der Waals surface area contributed by atoms with Crippen LogP contribution in [-0.2, 0) is 14.7 Å². The smallest absolute Gasteiger partial charge is 0.311 e. The van der Waals surface area contributed by atoms with Gasteiger partial charge in [0.1, 0.15) is 0 Å². The number of aryl methyl sites for hydroxylation is 1. The highest BCUT2D eigenvalue weighted by molar-refractivity contribution is 6.87. The van der Waals surface area contributed by atoms with Crippen LogP contribution >= 0.6 is 0 Å². The van der Waals surface area contributed by atoms with Crippen LogP contribution in [0.4, 0.5) is 0 Å². The van der Waals surface area contributed by atoms with E-state index < -0.39 is 25.2 Å². The lowest BCUT2D eigenvalue weighted by Crippen LogP contribution is -2.52. The molecule has 0 radical (unpaired) electrons. The summed E-state index contributed by atoms with van der Waals surface area (Å²) in [6.07, 6.45) is 7.67. The second-order valence-electron chi connectivity index (χ2n) is 11.2. The second-order valence-corrected chi connectivity index (χ2v) is 23.6. The normalized spacial score (nSPS) is 12.5. The van der Waals surface area contributed by atoms with Crippen LogP contribution < -0.4 is 0 Å². The van der Waals surface area contributed by atoms with Gasteiger partial charge >= 0.3 is 8.56 Å². The molecule has 0 aromatic heterocycles. The van der Waals surface area contributed by atoms with Gasteiger partial charge in [-0.25, -0.2) is 0 Å². The summed E-state index contributed by atoms with van der Waals surface area (Å²) in [5, 5.41) is 8.99. The van der Waals surface area contributed by atoms with Crippen molar-refractivity contribution < 1.29 is 8.23 Å². The molecule has 2 rings (SSSR count). The Morgan fingerprint density at radius 2 is 1.18 bits per heavy atom. The number of rotatable bonds is 14. The third-order valence-electron chi connectivity index (χ3n) is 6.24. The van der Waals surface area contributed by atoms with Gasteiger partial charge in [-0.2, -0.15) is 5.26 Å². The first-order chi connectivity index (χ1) is 16.0. The van der Waals surface area contributed by atoms with Crippen molar-refractivity contribution in [1.82, 2.24) is 0 Å². The van der Waals surface area contributed by atoms with E-state index in [0.29, 0.717) is 5.56 Å². The SMILES string of the molecule is CCCCCCC[Si](C)(C)O[Si](C)(C)O[Si](C)(C)CCc1ccc(-c2ccc(C#N)cc2)cc1. The molecule has 0 heterocycles. The van der Waals surface area contributed by atoms with Crippen molar-refractivity contribution in [2.45, 2.75) is 96.8 Å². The van der Waals surface area contributed by atoms with E-state index in [0.717, 1.165) is 18.0 Å². The Kier molecular flexibility index (Phi) is 11.0. The van der Waals surface area contributed by atoms with Gasteiger partial charge in [-0.1, -0.05) is 75.4 Å². The first-order valence-corrected chi connectivity index (χ1v) is 22.0. The van der Waals surface area contributed by atoms with Crippen molar-refractivity contribution in [3.63, 3.8) is 0 Å². The molecule has 3 nitrogen and oxygen atoms in total. The van der Waals surface area contributed by atoms with Gasteiger partial charge in [-0.3, -0.25) is 0 Å². The quantitative estimate of drug-likeness (QED) is 0.188. The van der Waals surface area contributed by atoms with Crippen molar-refractivity contribution in [3.05, 3.63) is 59.7 Å². The van der Waals surface area contributed by atoms with Crippen LogP contribution in [0.3, 0.4) is 0 Å². The molecule has 34 heavy (non-hydrogen) atoms. The highest BCUT2D eigenvalue weighted by atomic mass is 28.5. The molecular weight excluding hydrogens is 467 g/mol. The third-order valence-corrected chi connectivity index (χ3v) is 17.6. The van der Waals surface area contributed by atoms with E-state index in [9.17, 15) is 0 Å². The van der Waals surface area contributed by atoms with Crippen LogP contribution in [0.15, 0.2) is 48.5 Å². The number of hydrogen-bond donors (Lipinski definition) is 0. The zero-order valence-corrected chi connectivity index (χ0v) is 25.5. The average molecular weight is 512 g/mol. The Morgan fingerprint density at radius 3 is 1.71 bits per heavy atom. The molecule has 0 amide bonds. The van der Waals surface area contributed by atoms with Crippen LogP contribution in [0.5, 0.6) is 0 Å². The molecule has 0 aliphatic heterocycles. The Balaban J connectivity index is 1.86. The Hall–Kier alpha value is -1.50. The first kappa shape index (κ1) is 28.7. The third kappa shape index (κ3) is 10.4. The van der Waals surface area contributed by atoms with E-state index in [4.69, 9.17) is 13.5 Å². The highest BCUT2D eigenvalue weighted by Crippen LogP contribution is 2.27. The summed E-state index contributed by atoms with van der Waals surface area (Å²) in [4.78, 5) is 0. The molecule has 0 aliphatic rings. The summed E-state index contributed by atoms with van der Waals surface area (Å²) in [5.41, 5.74) is 4.38. The largest absolute Gasteiger partial charge is 0.437 e. The monoisotopic (exact) mass is 511 g/mol. The maximum atomic E-state index is 8.99. The summed E-state index contributed by atoms with van der Waals surface area (Å²) < 4.78 is 13.6. The minimum absolute atomic E-state index is 0.695. The van der Waals surface area contributed by atoms with Crippen molar-refractivity contribution in [1.29, 1.82) is 5.26 Å². The standard InChI is InChI=1S/C28H45NO2Si3/c1-8-9-10-11-12-22-32(2,3)30-34(6,7)31-33(4,5)23-21-25-13-17-27(18-14-25)28-19-15-26(24-29)16-20-28/h13-20H,8-12,21-23H2,1-7H3. The number of nitriles is 1. The number of benzene rings is 2. The van der Waals surface area contributed by atoms with Crippen molar-refractivity contribution in [3.8, 4) is 17.2 Å². The lowest BCUT2D eigenvalue weighted by molar-refractivity contribution is 0.387. The van der Waals surface area contributed by atoms with E-state index in [2.05, 4.69) is 76.5 Å². The molecule has 0 N–H and O–H groups in total. The summed E-state index contributed by atoms with van der Waals surface area (Å²) in [6, 6.07) is 21.1. The maximum absolute atomic E-state index is 8.99. The van der Waals surface area contributed by atoms with Gasteiger partial charge in [0.15, 0.2) is 16.6 Å².